The van der Waals surface area contributed by atoms with E-state index in [0.29, 0.717) is 12.2 Å². The highest BCUT2D eigenvalue weighted by Crippen LogP contribution is 2.31. The summed E-state index contributed by atoms with van der Waals surface area (Å²) in [6, 6.07) is 1.46. The van der Waals surface area contributed by atoms with Crippen LogP contribution in [0.1, 0.15) is 19.3 Å². The summed E-state index contributed by atoms with van der Waals surface area (Å²) in [5.41, 5.74) is 5.99. The lowest BCUT2D eigenvalue weighted by Crippen LogP contribution is -2.31. The van der Waals surface area contributed by atoms with Crippen LogP contribution >= 0.6 is 11.3 Å². The van der Waals surface area contributed by atoms with Gasteiger partial charge in [0.2, 0.25) is 10.0 Å². The normalized spacial score (nSPS) is 24.5. The molecule has 5 nitrogen and oxygen atoms in total. The van der Waals surface area contributed by atoms with Gasteiger partial charge in [-0.3, -0.25) is 0 Å². The van der Waals surface area contributed by atoms with Gasteiger partial charge in [-0.2, -0.15) is 0 Å². The van der Waals surface area contributed by atoms with Crippen LogP contribution in [0.25, 0.3) is 0 Å². The smallest absolute Gasteiger partial charge is 0.250 e. The summed E-state index contributed by atoms with van der Waals surface area (Å²) in [7, 11) is -3.45. The molecule has 1 fully saturated rings. The van der Waals surface area contributed by atoms with Gasteiger partial charge in [0, 0.05) is 24.2 Å². The highest BCUT2D eigenvalue weighted by molar-refractivity contribution is 7.91. The molecule has 18 heavy (non-hydrogen) atoms. The van der Waals surface area contributed by atoms with Crippen LogP contribution in [-0.2, 0) is 10.0 Å². The van der Waals surface area contributed by atoms with Gasteiger partial charge < -0.3 is 10.8 Å². The van der Waals surface area contributed by atoms with Gasteiger partial charge in [0.1, 0.15) is 4.21 Å². The lowest BCUT2D eigenvalue weighted by molar-refractivity contribution is 0.195. The molecule has 1 saturated carbocycles. The van der Waals surface area contributed by atoms with Crippen LogP contribution in [0.4, 0.5) is 5.69 Å². The Morgan fingerprint density at radius 1 is 1.44 bits per heavy atom. The van der Waals surface area contributed by atoms with E-state index in [4.69, 9.17) is 5.73 Å². The van der Waals surface area contributed by atoms with Gasteiger partial charge in [-0.15, -0.1) is 11.3 Å². The summed E-state index contributed by atoms with van der Waals surface area (Å²) in [6.07, 6.45) is 3.01. The molecule has 2 rings (SSSR count). The van der Waals surface area contributed by atoms with E-state index in [9.17, 15) is 13.5 Å². The number of aliphatic hydroxyl groups is 1. The van der Waals surface area contributed by atoms with E-state index >= 15 is 0 Å². The molecule has 1 aromatic heterocycles. The second-order valence-corrected chi connectivity index (χ2v) is 7.59. The fourth-order valence-corrected chi connectivity index (χ4v) is 4.60. The third-order valence-corrected chi connectivity index (χ3v) is 6.33. The second-order valence-electron chi connectivity index (χ2n) is 4.68. The minimum atomic E-state index is -3.45. The number of nitrogens with one attached hydrogen (secondary N) is 1. The Bertz CT molecular complexity index is 498. The summed E-state index contributed by atoms with van der Waals surface area (Å²) in [5.74, 6) is 0.461. The number of hydrogen-bond donors (Lipinski definition) is 3. The van der Waals surface area contributed by atoms with Gasteiger partial charge in [0.05, 0.1) is 0 Å². The monoisotopic (exact) mass is 290 g/mol. The molecule has 0 aromatic carbocycles. The van der Waals surface area contributed by atoms with Crippen molar-refractivity contribution in [2.24, 2.45) is 11.8 Å². The van der Waals surface area contributed by atoms with Gasteiger partial charge >= 0.3 is 0 Å². The Kier molecular flexibility index (Phi) is 4.26. The van der Waals surface area contributed by atoms with E-state index in [1.165, 1.54) is 6.07 Å². The van der Waals surface area contributed by atoms with Crippen LogP contribution in [0.2, 0.25) is 0 Å². The zero-order valence-corrected chi connectivity index (χ0v) is 11.6. The van der Waals surface area contributed by atoms with Crippen LogP contribution in [0, 0.1) is 11.8 Å². The molecular formula is C11H18N2O3S2. The maximum absolute atomic E-state index is 12.0. The van der Waals surface area contributed by atoms with Gasteiger partial charge in [0.15, 0.2) is 0 Å². The van der Waals surface area contributed by atoms with Crippen LogP contribution in [0.15, 0.2) is 15.7 Å². The molecule has 4 N–H and O–H groups in total. The summed E-state index contributed by atoms with van der Waals surface area (Å²) < 4.78 is 26.8. The first kappa shape index (κ1) is 13.8. The predicted octanol–water partition coefficient (Wildman–Crippen LogP) is 1.02. The number of nitrogen functional groups attached to an aromatic ring is 1. The Morgan fingerprint density at radius 3 is 2.78 bits per heavy atom. The number of anilines is 1. The molecule has 7 heteroatoms. The Labute approximate surface area is 111 Å². The quantitative estimate of drug-likeness (QED) is 0.755. The van der Waals surface area contributed by atoms with Crippen molar-refractivity contribution in [1.82, 2.24) is 4.72 Å². The van der Waals surface area contributed by atoms with E-state index in [0.717, 1.165) is 30.6 Å². The second kappa shape index (κ2) is 5.56. The number of aliphatic hydroxyl groups excluding tert-OH is 1. The van der Waals surface area contributed by atoms with E-state index in [1.54, 1.807) is 5.38 Å². The lowest BCUT2D eigenvalue weighted by atomic mass is 9.97. The van der Waals surface area contributed by atoms with E-state index in [2.05, 4.69) is 4.72 Å². The van der Waals surface area contributed by atoms with Crippen LogP contribution < -0.4 is 10.5 Å². The lowest BCUT2D eigenvalue weighted by Gasteiger charge is -2.17. The average molecular weight is 290 g/mol. The molecule has 1 aromatic rings. The molecule has 0 saturated heterocycles. The van der Waals surface area contributed by atoms with Crippen molar-refractivity contribution in [3.05, 3.63) is 11.4 Å². The highest BCUT2D eigenvalue weighted by atomic mass is 32.2. The number of rotatable bonds is 5. The fraction of sp³-hybridized carbons (Fsp3) is 0.636. The van der Waals surface area contributed by atoms with Crippen molar-refractivity contribution in [2.75, 3.05) is 18.9 Å². The zero-order valence-electron chi connectivity index (χ0n) is 10.0. The Hall–Kier alpha value is -0.630. The first-order valence-electron chi connectivity index (χ1n) is 5.97. The Morgan fingerprint density at radius 2 is 2.17 bits per heavy atom. The SMILES string of the molecule is Nc1csc(S(=O)(=O)NCC2CCCC2CO)c1. The van der Waals surface area contributed by atoms with Crippen LogP contribution in [0.3, 0.4) is 0 Å². The first-order valence-corrected chi connectivity index (χ1v) is 8.34. The molecular weight excluding hydrogens is 272 g/mol. The van der Waals surface area contributed by atoms with E-state index in [-0.39, 0.29) is 22.7 Å². The standard InChI is InChI=1S/C11H18N2O3S2/c12-10-4-11(17-7-10)18(15,16)13-5-8-2-1-3-9(8)6-14/h4,7-9,13-14H,1-3,5-6,12H2. The van der Waals surface area contributed by atoms with Crippen molar-refractivity contribution >= 4 is 27.0 Å². The molecule has 2 atom stereocenters. The van der Waals surface area contributed by atoms with Gasteiger partial charge in [-0.1, -0.05) is 6.42 Å². The summed E-state index contributed by atoms with van der Waals surface area (Å²) in [5, 5.41) is 10.8. The number of sulfonamides is 1. The molecule has 0 bridgehead atoms. The van der Waals surface area contributed by atoms with E-state index in [1.807, 2.05) is 0 Å². The first-order chi connectivity index (χ1) is 8.53. The fourth-order valence-electron chi connectivity index (χ4n) is 2.38. The number of hydrogen-bond acceptors (Lipinski definition) is 5. The molecule has 2 unspecified atom stereocenters. The Balaban J connectivity index is 1.97. The molecule has 0 aliphatic heterocycles. The summed E-state index contributed by atoms with van der Waals surface area (Å²) in [6.45, 7) is 0.531. The van der Waals surface area contributed by atoms with Crippen molar-refractivity contribution in [3.8, 4) is 0 Å². The minimum Gasteiger partial charge on any atom is -0.398 e. The van der Waals surface area contributed by atoms with E-state index < -0.39 is 10.0 Å². The molecule has 0 radical (unpaired) electrons. The van der Waals surface area contributed by atoms with Crippen LogP contribution in [-0.4, -0.2) is 26.7 Å². The van der Waals surface area contributed by atoms with Crippen molar-refractivity contribution < 1.29 is 13.5 Å². The maximum Gasteiger partial charge on any atom is 0.250 e. The topological polar surface area (TPSA) is 92.4 Å². The van der Waals surface area contributed by atoms with Gasteiger partial charge in [0.25, 0.3) is 0 Å². The van der Waals surface area contributed by atoms with Gasteiger partial charge in [-0.05, 0) is 30.7 Å². The summed E-state index contributed by atoms with van der Waals surface area (Å²) in [4.78, 5) is 0. The van der Waals surface area contributed by atoms with Crippen molar-refractivity contribution in [2.45, 2.75) is 23.5 Å². The largest absolute Gasteiger partial charge is 0.398 e. The highest BCUT2D eigenvalue weighted by Gasteiger charge is 2.28. The predicted molar refractivity (Wildman–Crippen MR) is 71.8 cm³/mol. The maximum atomic E-state index is 12.0. The molecule has 1 heterocycles. The molecule has 0 amide bonds. The third kappa shape index (κ3) is 3.03. The van der Waals surface area contributed by atoms with Crippen molar-refractivity contribution in [3.63, 3.8) is 0 Å². The average Bonchev–Trinajstić information content (AvgIpc) is 2.94. The minimum absolute atomic E-state index is 0.137. The van der Waals surface area contributed by atoms with Crippen molar-refractivity contribution in [1.29, 1.82) is 0 Å². The third-order valence-electron chi connectivity index (χ3n) is 3.45. The number of nitrogens with two attached hydrogens (primary N) is 1. The molecule has 1 aliphatic carbocycles. The molecule has 0 spiro atoms. The van der Waals surface area contributed by atoms with Gasteiger partial charge in [-0.25, -0.2) is 13.1 Å². The van der Waals surface area contributed by atoms with Crippen LogP contribution in [0.5, 0.6) is 0 Å². The summed E-state index contributed by atoms with van der Waals surface area (Å²) >= 11 is 1.12. The molecule has 1 aliphatic rings. The molecule has 102 valence electrons. The number of thiophene rings is 1. The zero-order chi connectivity index (χ0) is 13.2.